The molecule has 0 amide bonds. The summed E-state index contributed by atoms with van der Waals surface area (Å²) in [5.41, 5.74) is 1.14. The van der Waals surface area contributed by atoms with Crippen molar-refractivity contribution in [3.63, 3.8) is 0 Å². The second kappa shape index (κ2) is 4.01. The van der Waals surface area contributed by atoms with Gasteiger partial charge in [0.1, 0.15) is 0 Å². The van der Waals surface area contributed by atoms with E-state index in [1.54, 1.807) is 0 Å². The molecule has 0 saturated heterocycles. The van der Waals surface area contributed by atoms with Crippen LogP contribution in [0.1, 0.15) is 5.69 Å². The molecule has 1 heterocycles. The summed E-state index contributed by atoms with van der Waals surface area (Å²) in [6.07, 6.45) is 2.82. The molecule has 1 aromatic rings. The minimum atomic E-state index is 1.00. The predicted octanol–water partition coefficient (Wildman–Crippen LogP) is -0.0209. The van der Waals surface area contributed by atoms with Gasteiger partial charge in [-0.1, -0.05) is 6.07 Å². The van der Waals surface area contributed by atoms with Crippen LogP contribution in [-0.2, 0) is 6.42 Å². The summed E-state index contributed by atoms with van der Waals surface area (Å²) < 4.78 is 0. The maximum Gasteiger partial charge on any atom is 0.0571 e. The van der Waals surface area contributed by atoms with E-state index in [1.807, 2.05) is 29.7 Å². The second-order valence-corrected chi connectivity index (χ2v) is 2.15. The molecule has 0 unspecified atom stereocenters. The van der Waals surface area contributed by atoms with Crippen molar-refractivity contribution in [2.45, 2.75) is 6.42 Å². The number of rotatable bonds is 3. The molecule has 0 atom stereocenters. The van der Waals surface area contributed by atoms with E-state index in [9.17, 15) is 0 Å². The normalized spacial score (nSPS) is 9.70. The van der Waals surface area contributed by atoms with Crippen LogP contribution in [0.4, 0.5) is 0 Å². The molecule has 2 N–H and O–H groups in total. The van der Waals surface area contributed by atoms with Crippen LogP contribution in [0.2, 0.25) is 0 Å². The van der Waals surface area contributed by atoms with Gasteiger partial charge < -0.3 is 5.32 Å². The lowest BCUT2D eigenvalue weighted by atomic mass is 10.3. The Bertz CT molecular complexity index is 172. The van der Waals surface area contributed by atoms with Gasteiger partial charge in [0.2, 0.25) is 0 Å². The standard InChI is InChI=1S/C8H12N2/c1-9-7-5-8-4-2-3-6-10-8/h2-4,6H,1,5,7,9H2. The molecule has 0 aromatic carbocycles. The molecule has 54 valence electrons. The lowest BCUT2D eigenvalue weighted by Crippen LogP contribution is -2.77. The Hall–Kier alpha value is -0.890. The molecule has 0 bridgehead atoms. The molecule has 0 spiro atoms. The molecule has 2 nitrogen and oxygen atoms in total. The number of nitrogens with zero attached hydrogens (tertiary/aromatic N) is 1. The molecule has 1 aromatic heterocycles. The Kier molecular flexibility index (Phi) is 2.90. The lowest BCUT2D eigenvalue weighted by molar-refractivity contribution is -0.595. The fourth-order valence-electron chi connectivity index (χ4n) is 0.796. The van der Waals surface area contributed by atoms with Crippen LogP contribution in [0.3, 0.4) is 0 Å². The van der Waals surface area contributed by atoms with Crippen molar-refractivity contribution in [1.29, 1.82) is 0 Å². The van der Waals surface area contributed by atoms with Crippen molar-refractivity contribution in [3.05, 3.63) is 37.1 Å². The predicted molar refractivity (Wildman–Crippen MR) is 40.1 cm³/mol. The van der Waals surface area contributed by atoms with Crippen LogP contribution in [-0.4, -0.2) is 11.5 Å². The number of aromatic nitrogens is 1. The highest BCUT2D eigenvalue weighted by atomic mass is 14.8. The SMILES string of the molecule is [CH2-][NH2+]CCc1ccccn1. The molecular weight excluding hydrogens is 124 g/mol. The minimum absolute atomic E-state index is 1.00. The highest BCUT2D eigenvalue weighted by Gasteiger charge is 1.89. The second-order valence-electron chi connectivity index (χ2n) is 2.15. The topological polar surface area (TPSA) is 29.5 Å². The molecule has 1 rings (SSSR count). The van der Waals surface area contributed by atoms with Gasteiger partial charge in [-0.25, -0.2) is 0 Å². The van der Waals surface area contributed by atoms with Crippen LogP contribution >= 0.6 is 0 Å². The van der Waals surface area contributed by atoms with E-state index in [-0.39, 0.29) is 0 Å². The quantitative estimate of drug-likeness (QED) is 0.581. The molecule has 10 heavy (non-hydrogen) atoms. The van der Waals surface area contributed by atoms with Gasteiger partial charge in [-0.3, -0.25) is 4.98 Å². The molecule has 0 fully saturated rings. The molecular formula is C8H12N2. The summed E-state index contributed by atoms with van der Waals surface area (Å²) in [6.45, 7) is 1.01. The zero-order valence-corrected chi connectivity index (χ0v) is 5.96. The smallest absolute Gasteiger partial charge is 0.0571 e. The van der Waals surface area contributed by atoms with E-state index in [0.29, 0.717) is 0 Å². The third-order valence-corrected chi connectivity index (χ3v) is 1.33. The Morgan fingerprint density at radius 2 is 2.40 bits per heavy atom. The minimum Gasteiger partial charge on any atom is -0.479 e. The number of nitrogens with two attached hydrogens (primary N) is 1. The van der Waals surface area contributed by atoms with E-state index in [2.05, 4.69) is 12.0 Å². The van der Waals surface area contributed by atoms with E-state index in [0.717, 1.165) is 18.7 Å². The first-order valence-corrected chi connectivity index (χ1v) is 3.44. The monoisotopic (exact) mass is 136 g/mol. The third kappa shape index (κ3) is 2.15. The highest BCUT2D eigenvalue weighted by molar-refractivity contribution is 5.03. The first kappa shape index (κ1) is 7.22. The van der Waals surface area contributed by atoms with E-state index < -0.39 is 0 Å². The Balaban J connectivity index is 2.43. The molecule has 0 radical (unpaired) electrons. The van der Waals surface area contributed by atoms with Gasteiger partial charge in [-0.2, -0.15) is 7.05 Å². The summed E-state index contributed by atoms with van der Waals surface area (Å²) in [5.74, 6) is 0. The van der Waals surface area contributed by atoms with E-state index >= 15 is 0 Å². The van der Waals surface area contributed by atoms with Gasteiger partial charge in [-0.15, -0.1) is 0 Å². The van der Waals surface area contributed by atoms with Crippen LogP contribution in [0.15, 0.2) is 24.4 Å². The summed E-state index contributed by atoms with van der Waals surface area (Å²) in [6, 6.07) is 5.96. The van der Waals surface area contributed by atoms with Gasteiger partial charge >= 0.3 is 0 Å². The van der Waals surface area contributed by atoms with Crippen molar-refractivity contribution >= 4 is 0 Å². The number of hydrogen-bond acceptors (Lipinski definition) is 1. The lowest BCUT2D eigenvalue weighted by Gasteiger charge is -1.98. The Morgan fingerprint density at radius 1 is 1.50 bits per heavy atom. The molecule has 0 saturated carbocycles. The van der Waals surface area contributed by atoms with Crippen LogP contribution < -0.4 is 5.32 Å². The van der Waals surface area contributed by atoms with Crippen LogP contribution in [0.5, 0.6) is 0 Å². The maximum atomic E-state index is 4.17. The maximum absolute atomic E-state index is 4.17. The van der Waals surface area contributed by atoms with Crippen LogP contribution in [0, 0.1) is 7.05 Å². The van der Waals surface area contributed by atoms with Gasteiger partial charge in [0.05, 0.1) is 6.54 Å². The Morgan fingerprint density at radius 3 is 3.00 bits per heavy atom. The van der Waals surface area contributed by atoms with Crippen molar-refractivity contribution in [1.82, 2.24) is 4.98 Å². The number of hydrogen-bond donors (Lipinski definition) is 1. The molecule has 2 heteroatoms. The zero-order chi connectivity index (χ0) is 7.23. The van der Waals surface area contributed by atoms with Crippen molar-refractivity contribution in [3.8, 4) is 0 Å². The number of quaternary nitrogens is 1. The zero-order valence-electron chi connectivity index (χ0n) is 5.96. The highest BCUT2D eigenvalue weighted by Crippen LogP contribution is 1.91. The molecule has 0 aliphatic rings. The molecule has 0 aliphatic carbocycles. The number of pyridine rings is 1. The first-order valence-electron chi connectivity index (χ1n) is 3.44. The largest absolute Gasteiger partial charge is 0.479 e. The summed E-state index contributed by atoms with van der Waals surface area (Å²) in [5, 5.41) is 1.91. The average Bonchev–Trinajstić information content (AvgIpc) is 2.03. The summed E-state index contributed by atoms with van der Waals surface area (Å²) in [7, 11) is 3.65. The van der Waals surface area contributed by atoms with Crippen LogP contribution in [0.25, 0.3) is 0 Å². The van der Waals surface area contributed by atoms with E-state index in [4.69, 9.17) is 0 Å². The van der Waals surface area contributed by atoms with Crippen molar-refractivity contribution < 1.29 is 5.32 Å². The fraction of sp³-hybridized carbons (Fsp3) is 0.250. The third-order valence-electron chi connectivity index (χ3n) is 1.33. The molecule has 0 aliphatic heterocycles. The summed E-state index contributed by atoms with van der Waals surface area (Å²) in [4.78, 5) is 4.17. The van der Waals surface area contributed by atoms with E-state index in [1.165, 1.54) is 0 Å². The Labute approximate surface area is 61.3 Å². The van der Waals surface area contributed by atoms with Gasteiger partial charge in [0.25, 0.3) is 0 Å². The summed E-state index contributed by atoms with van der Waals surface area (Å²) >= 11 is 0. The van der Waals surface area contributed by atoms with Gasteiger partial charge in [0, 0.05) is 18.3 Å². The fourth-order valence-corrected chi connectivity index (χ4v) is 0.796. The average molecular weight is 136 g/mol. The van der Waals surface area contributed by atoms with Gasteiger partial charge in [-0.05, 0) is 12.1 Å². The first-order chi connectivity index (χ1) is 4.93. The van der Waals surface area contributed by atoms with Crippen molar-refractivity contribution in [2.24, 2.45) is 0 Å². The van der Waals surface area contributed by atoms with Crippen molar-refractivity contribution in [2.75, 3.05) is 6.54 Å². The van der Waals surface area contributed by atoms with Gasteiger partial charge in [0.15, 0.2) is 0 Å².